The summed E-state index contributed by atoms with van der Waals surface area (Å²) in [5.41, 5.74) is 1.38. The van der Waals surface area contributed by atoms with Gasteiger partial charge in [-0.3, -0.25) is 0 Å². The molecule has 1 aliphatic rings. The van der Waals surface area contributed by atoms with Crippen LogP contribution in [-0.4, -0.2) is 43.1 Å². The summed E-state index contributed by atoms with van der Waals surface area (Å²) in [6, 6.07) is 2.06. The lowest BCUT2D eigenvalue weighted by Crippen LogP contribution is -2.57. The lowest BCUT2D eigenvalue weighted by atomic mass is 9.80. The third-order valence-electron chi connectivity index (χ3n) is 3.76. The van der Waals surface area contributed by atoms with Gasteiger partial charge in [-0.25, -0.2) is 4.99 Å². The number of H-pyrrole nitrogens is 1. The van der Waals surface area contributed by atoms with Gasteiger partial charge < -0.3 is 20.0 Å². The van der Waals surface area contributed by atoms with Crippen molar-refractivity contribution in [2.24, 2.45) is 4.99 Å². The number of rotatable bonds is 8. The van der Waals surface area contributed by atoms with Crippen molar-refractivity contribution in [1.82, 2.24) is 10.3 Å². The van der Waals surface area contributed by atoms with E-state index < -0.39 is 0 Å². The number of aryl methyl sites for hydroxylation is 1. The second-order valence-corrected chi connectivity index (χ2v) is 4.75. The van der Waals surface area contributed by atoms with Gasteiger partial charge in [0.1, 0.15) is 5.82 Å². The summed E-state index contributed by atoms with van der Waals surface area (Å²) in [6.45, 7) is 5.23. The molecule has 1 fully saturated rings. The number of aromatic amines is 1. The summed E-state index contributed by atoms with van der Waals surface area (Å²) in [5.74, 6) is 0.871. The molecule has 98 valence electrons. The Balaban J connectivity index is 1.85. The van der Waals surface area contributed by atoms with Crippen LogP contribution >= 0.6 is 0 Å². The van der Waals surface area contributed by atoms with E-state index in [4.69, 9.17) is 9.68 Å². The molecule has 1 saturated heterocycles. The van der Waals surface area contributed by atoms with Crippen molar-refractivity contribution < 1.29 is 9.68 Å². The quantitative estimate of drug-likeness (QED) is 0.360. The van der Waals surface area contributed by atoms with Gasteiger partial charge in [0.15, 0.2) is 0 Å². The monoisotopic (exact) mass is 249 g/mol. The number of nitrogens with one attached hydrogen (secondary N) is 2. The van der Waals surface area contributed by atoms with Crippen LogP contribution in [0.15, 0.2) is 17.3 Å². The Labute approximate surface area is 108 Å². The molecule has 1 atom stereocenters. The van der Waals surface area contributed by atoms with E-state index in [0.29, 0.717) is 6.61 Å². The van der Waals surface area contributed by atoms with Gasteiger partial charge in [0.2, 0.25) is 0 Å². The first-order valence-corrected chi connectivity index (χ1v) is 6.36. The second kappa shape index (κ2) is 6.18. The van der Waals surface area contributed by atoms with Gasteiger partial charge in [-0.05, 0) is 50.6 Å². The molecule has 3 N–H and O–H groups in total. The highest BCUT2D eigenvalue weighted by atomic mass is 16.5. The molecule has 0 aromatic carbocycles. The van der Waals surface area contributed by atoms with Gasteiger partial charge in [-0.1, -0.05) is 0 Å². The molecule has 2 heterocycles. The summed E-state index contributed by atoms with van der Waals surface area (Å²) in [4.78, 5) is 7.04. The molecule has 1 unspecified atom stereocenters. The molecule has 1 aromatic heterocycles. The van der Waals surface area contributed by atoms with E-state index in [0.717, 1.165) is 31.6 Å². The maximum Gasteiger partial charge on any atom is 0.435 e. The van der Waals surface area contributed by atoms with Gasteiger partial charge in [-0.2, -0.15) is 0 Å². The van der Waals surface area contributed by atoms with Crippen LogP contribution in [0.1, 0.15) is 24.8 Å². The maximum absolute atomic E-state index is 8.64. The predicted octanol–water partition coefficient (Wildman–Crippen LogP) is 0.677. The molecule has 0 amide bonds. The van der Waals surface area contributed by atoms with Crippen molar-refractivity contribution in [2.75, 3.05) is 13.2 Å². The maximum atomic E-state index is 8.64. The standard InChI is InChI=1S/C12H20BN3O2/c1-14-11-10(3-7-15-11)2-4-12(5-8-16-12)6-9-18-13-17/h3,7,13,15-17H,1-2,4-6,8-9H2. The Kier molecular flexibility index (Phi) is 4.57. The number of nitrogens with zero attached hydrogens (tertiary/aromatic N) is 1. The fourth-order valence-electron chi connectivity index (χ4n) is 2.48. The Morgan fingerprint density at radius 1 is 1.56 bits per heavy atom. The summed E-state index contributed by atoms with van der Waals surface area (Å²) in [6.07, 6.45) is 6.04. The summed E-state index contributed by atoms with van der Waals surface area (Å²) < 4.78 is 5.03. The molecule has 1 aliphatic heterocycles. The van der Waals surface area contributed by atoms with Crippen LogP contribution in [0.5, 0.6) is 0 Å². The molecule has 6 heteroatoms. The van der Waals surface area contributed by atoms with Crippen LogP contribution in [0, 0.1) is 0 Å². The van der Waals surface area contributed by atoms with Crippen LogP contribution in [0.3, 0.4) is 0 Å². The van der Waals surface area contributed by atoms with Gasteiger partial charge in [0.25, 0.3) is 0 Å². The first-order valence-electron chi connectivity index (χ1n) is 6.36. The molecular weight excluding hydrogens is 229 g/mol. The SMILES string of the molecule is C=Nc1[nH]ccc1CCC1(CCOBO)CCN1. The van der Waals surface area contributed by atoms with Gasteiger partial charge in [0.05, 0.1) is 0 Å². The van der Waals surface area contributed by atoms with E-state index in [-0.39, 0.29) is 13.2 Å². The number of aliphatic imine (C=N–C) groups is 1. The number of hydrogen-bond donors (Lipinski definition) is 3. The fourth-order valence-corrected chi connectivity index (χ4v) is 2.48. The molecular formula is C12H20BN3O2. The predicted molar refractivity (Wildman–Crippen MR) is 73.6 cm³/mol. The minimum absolute atomic E-state index is 0.172. The highest BCUT2D eigenvalue weighted by molar-refractivity contribution is 6.15. The van der Waals surface area contributed by atoms with Crippen LogP contribution in [-0.2, 0) is 11.1 Å². The molecule has 0 saturated carbocycles. The van der Waals surface area contributed by atoms with E-state index in [9.17, 15) is 0 Å². The number of aromatic nitrogens is 1. The lowest BCUT2D eigenvalue weighted by molar-refractivity contribution is 0.139. The molecule has 5 nitrogen and oxygen atoms in total. The Bertz CT molecular complexity index is 390. The molecule has 2 rings (SSSR count). The minimum atomic E-state index is -0.196. The topological polar surface area (TPSA) is 69.6 Å². The highest BCUT2D eigenvalue weighted by Crippen LogP contribution is 2.30. The van der Waals surface area contributed by atoms with Crippen molar-refractivity contribution in [3.63, 3.8) is 0 Å². The van der Waals surface area contributed by atoms with Crippen LogP contribution in [0.4, 0.5) is 5.82 Å². The largest absolute Gasteiger partial charge is 0.435 e. The molecule has 0 radical (unpaired) electrons. The van der Waals surface area contributed by atoms with E-state index >= 15 is 0 Å². The van der Waals surface area contributed by atoms with Crippen LogP contribution in [0.25, 0.3) is 0 Å². The summed E-state index contributed by atoms with van der Waals surface area (Å²) in [7, 11) is -0.196. The van der Waals surface area contributed by atoms with Crippen molar-refractivity contribution in [3.8, 4) is 0 Å². The van der Waals surface area contributed by atoms with Crippen molar-refractivity contribution in [3.05, 3.63) is 17.8 Å². The van der Waals surface area contributed by atoms with Gasteiger partial charge >= 0.3 is 7.69 Å². The van der Waals surface area contributed by atoms with Crippen molar-refractivity contribution >= 4 is 20.2 Å². The van der Waals surface area contributed by atoms with Crippen LogP contribution in [0.2, 0.25) is 0 Å². The zero-order chi connectivity index (χ0) is 12.8. The Morgan fingerprint density at radius 3 is 3.00 bits per heavy atom. The Hall–Kier alpha value is -1.11. The second-order valence-electron chi connectivity index (χ2n) is 4.75. The van der Waals surface area contributed by atoms with Crippen LogP contribution < -0.4 is 5.32 Å². The van der Waals surface area contributed by atoms with E-state index in [1.54, 1.807) is 0 Å². The smallest absolute Gasteiger partial charge is 0.430 e. The first kappa shape index (κ1) is 13.3. The fraction of sp³-hybridized carbons (Fsp3) is 0.583. The molecule has 0 aliphatic carbocycles. The molecule has 0 spiro atoms. The van der Waals surface area contributed by atoms with E-state index in [1.807, 2.05) is 6.20 Å². The van der Waals surface area contributed by atoms with Gasteiger partial charge in [0, 0.05) is 18.3 Å². The normalized spacial score (nSPS) is 22.5. The third kappa shape index (κ3) is 3.01. The van der Waals surface area contributed by atoms with Crippen molar-refractivity contribution in [1.29, 1.82) is 0 Å². The first-order chi connectivity index (χ1) is 8.79. The third-order valence-corrected chi connectivity index (χ3v) is 3.76. The minimum Gasteiger partial charge on any atom is -0.430 e. The zero-order valence-electron chi connectivity index (χ0n) is 10.6. The summed E-state index contributed by atoms with van der Waals surface area (Å²) >= 11 is 0. The van der Waals surface area contributed by atoms with E-state index in [2.05, 4.69) is 28.1 Å². The average molecular weight is 249 g/mol. The Morgan fingerprint density at radius 2 is 2.39 bits per heavy atom. The number of hydrogen-bond acceptors (Lipinski definition) is 4. The molecule has 1 aromatic rings. The lowest BCUT2D eigenvalue weighted by Gasteiger charge is -2.43. The van der Waals surface area contributed by atoms with Crippen molar-refractivity contribution in [2.45, 2.75) is 31.2 Å². The highest BCUT2D eigenvalue weighted by Gasteiger charge is 2.35. The zero-order valence-corrected chi connectivity index (χ0v) is 10.6. The average Bonchev–Trinajstić information content (AvgIpc) is 2.79. The molecule has 0 bridgehead atoms. The summed E-state index contributed by atoms with van der Waals surface area (Å²) in [5, 5.41) is 12.1. The van der Waals surface area contributed by atoms with Gasteiger partial charge in [-0.15, -0.1) is 0 Å². The molecule has 18 heavy (non-hydrogen) atoms. The van der Waals surface area contributed by atoms with E-state index in [1.165, 1.54) is 12.0 Å².